The number of benzene rings is 1. The second-order valence-corrected chi connectivity index (χ2v) is 4.25. The third kappa shape index (κ3) is 2.51. The van der Waals surface area contributed by atoms with Gasteiger partial charge in [-0.1, -0.05) is 36.4 Å². The summed E-state index contributed by atoms with van der Waals surface area (Å²) in [5, 5.41) is 0.393. The Balaban J connectivity index is 2.59. The molecule has 92 valence electrons. The molecular formula is C14H12ClFN2. The number of H-pyrrole nitrogens is 1. The number of fused-ring (bicyclic) bond motifs is 1. The molecule has 0 radical (unpaired) electrons. The number of halogens is 2. The van der Waals surface area contributed by atoms with E-state index >= 15 is 0 Å². The highest BCUT2D eigenvalue weighted by Crippen LogP contribution is 2.21. The van der Waals surface area contributed by atoms with Gasteiger partial charge in [0, 0.05) is 10.6 Å². The summed E-state index contributed by atoms with van der Waals surface area (Å²) in [6, 6.07) is 4.79. The standard InChI is InChI=1S/C14H12ClFN2/c1-3-5-10(8-9(2)15)14-17-12-7-4-6-11(16)13(12)18-14/h3-8H,2H2,1H3,(H,17,18)/b5-3-,10-8+. The number of nitrogens with zero attached hydrogens (tertiary/aromatic N) is 1. The van der Waals surface area contributed by atoms with Crippen molar-refractivity contribution >= 4 is 28.2 Å². The maximum absolute atomic E-state index is 13.5. The van der Waals surface area contributed by atoms with Crippen LogP contribution in [0.25, 0.3) is 16.6 Å². The molecule has 0 saturated carbocycles. The number of para-hydroxylation sites is 1. The molecule has 0 fully saturated rings. The normalized spacial score (nSPS) is 12.5. The average molecular weight is 263 g/mol. The first-order chi connectivity index (χ1) is 8.61. The van der Waals surface area contributed by atoms with Crippen molar-refractivity contribution in [2.24, 2.45) is 0 Å². The van der Waals surface area contributed by atoms with Crippen LogP contribution >= 0.6 is 11.6 Å². The molecule has 2 rings (SSSR count). The van der Waals surface area contributed by atoms with Crippen LogP contribution in [-0.2, 0) is 0 Å². The summed E-state index contributed by atoms with van der Waals surface area (Å²) >= 11 is 5.77. The summed E-state index contributed by atoms with van der Waals surface area (Å²) in [6.07, 6.45) is 5.37. The van der Waals surface area contributed by atoms with Crippen molar-refractivity contribution in [3.63, 3.8) is 0 Å². The molecular weight excluding hydrogens is 251 g/mol. The van der Waals surface area contributed by atoms with Crippen molar-refractivity contribution in [3.8, 4) is 0 Å². The highest BCUT2D eigenvalue weighted by atomic mass is 35.5. The molecule has 0 amide bonds. The second-order valence-electron chi connectivity index (χ2n) is 3.77. The Labute approximate surface area is 109 Å². The van der Waals surface area contributed by atoms with Crippen LogP contribution in [0.2, 0.25) is 0 Å². The van der Waals surface area contributed by atoms with Gasteiger partial charge >= 0.3 is 0 Å². The minimum absolute atomic E-state index is 0.322. The van der Waals surface area contributed by atoms with Crippen LogP contribution in [0.3, 0.4) is 0 Å². The van der Waals surface area contributed by atoms with Gasteiger partial charge in [-0.2, -0.15) is 0 Å². The molecule has 0 bridgehead atoms. The minimum atomic E-state index is -0.348. The Morgan fingerprint density at radius 2 is 2.28 bits per heavy atom. The number of aromatic amines is 1. The predicted octanol–water partition coefficient (Wildman–Crippen LogP) is 4.41. The third-order valence-corrected chi connectivity index (χ3v) is 2.50. The lowest BCUT2D eigenvalue weighted by molar-refractivity contribution is 0.637. The van der Waals surface area contributed by atoms with E-state index in [1.807, 2.05) is 19.1 Å². The van der Waals surface area contributed by atoms with E-state index in [0.29, 0.717) is 21.9 Å². The van der Waals surface area contributed by atoms with Gasteiger partial charge in [-0.15, -0.1) is 0 Å². The van der Waals surface area contributed by atoms with Crippen molar-refractivity contribution in [2.45, 2.75) is 6.92 Å². The molecule has 2 aromatic rings. The molecule has 2 nitrogen and oxygen atoms in total. The number of rotatable bonds is 3. The Bertz CT molecular complexity index is 653. The van der Waals surface area contributed by atoms with Crippen LogP contribution in [0.5, 0.6) is 0 Å². The third-order valence-electron chi connectivity index (χ3n) is 2.40. The molecule has 0 saturated heterocycles. The average Bonchev–Trinajstić information content (AvgIpc) is 2.73. The van der Waals surface area contributed by atoms with Crippen LogP contribution in [0.1, 0.15) is 12.7 Å². The molecule has 0 aliphatic rings. The van der Waals surface area contributed by atoms with Crippen molar-refractivity contribution < 1.29 is 4.39 Å². The van der Waals surface area contributed by atoms with Gasteiger partial charge in [0.2, 0.25) is 0 Å². The zero-order valence-electron chi connectivity index (χ0n) is 9.87. The van der Waals surface area contributed by atoms with Crippen LogP contribution in [0.4, 0.5) is 4.39 Å². The number of hydrogen-bond acceptors (Lipinski definition) is 1. The monoisotopic (exact) mass is 262 g/mol. The van der Waals surface area contributed by atoms with E-state index in [2.05, 4.69) is 16.5 Å². The molecule has 0 atom stereocenters. The lowest BCUT2D eigenvalue weighted by atomic mass is 10.2. The summed E-state index contributed by atoms with van der Waals surface area (Å²) in [5.41, 5.74) is 1.73. The zero-order chi connectivity index (χ0) is 13.1. The molecule has 0 aliphatic carbocycles. The van der Waals surface area contributed by atoms with Gasteiger partial charge in [-0.3, -0.25) is 0 Å². The summed E-state index contributed by atoms with van der Waals surface area (Å²) in [5.74, 6) is 0.217. The fraction of sp³-hybridized carbons (Fsp3) is 0.0714. The van der Waals surface area contributed by atoms with E-state index in [0.717, 1.165) is 5.57 Å². The highest BCUT2D eigenvalue weighted by Gasteiger charge is 2.09. The van der Waals surface area contributed by atoms with Gasteiger partial charge in [-0.05, 0) is 25.1 Å². The minimum Gasteiger partial charge on any atom is -0.338 e. The molecule has 18 heavy (non-hydrogen) atoms. The van der Waals surface area contributed by atoms with Crippen LogP contribution in [0, 0.1) is 5.82 Å². The Hall–Kier alpha value is -1.87. The van der Waals surface area contributed by atoms with E-state index in [9.17, 15) is 4.39 Å². The van der Waals surface area contributed by atoms with Gasteiger partial charge in [0.25, 0.3) is 0 Å². The van der Waals surface area contributed by atoms with E-state index in [1.54, 1.807) is 18.2 Å². The van der Waals surface area contributed by atoms with Crippen LogP contribution in [0.15, 0.2) is 48.0 Å². The van der Waals surface area contributed by atoms with Crippen LogP contribution < -0.4 is 0 Å². The molecule has 0 spiro atoms. The van der Waals surface area contributed by atoms with E-state index in [-0.39, 0.29) is 5.82 Å². The van der Waals surface area contributed by atoms with Crippen molar-refractivity contribution in [1.82, 2.24) is 9.97 Å². The van der Waals surface area contributed by atoms with Crippen LogP contribution in [-0.4, -0.2) is 9.97 Å². The fourth-order valence-electron chi connectivity index (χ4n) is 1.68. The van der Waals surface area contributed by atoms with Gasteiger partial charge in [-0.25, -0.2) is 9.37 Å². The number of aromatic nitrogens is 2. The molecule has 1 heterocycles. The maximum atomic E-state index is 13.5. The quantitative estimate of drug-likeness (QED) is 0.816. The van der Waals surface area contributed by atoms with Crippen molar-refractivity contribution in [3.05, 3.63) is 59.7 Å². The first-order valence-corrected chi connectivity index (χ1v) is 5.83. The number of nitrogens with one attached hydrogen (secondary N) is 1. The first kappa shape index (κ1) is 12.6. The van der Waals surface area contributed by atoms with E-state index in [4.69, 9.17) is 11.6 Å². The molecule has 0 aliphatic heterocycles. The molecule has 0 unspecified atom stereocenters. The summed E-state index contributed by atoms with van der Waals surface area (Å²) < 4.78 is 13.5. The smallest absolute Gasteiger partial charge is 0.151 e. The highest BCUT2D eigenvalue weighted by molar-refractivity contribution is 6.31. The van der Waals surface area contributed by atoms with Crippen molar-refractivity contribution in [1.29, 1.82) is 0 Å². The van der Waals surface area contributed by atoms with Gasteiger partial charge in [0.1, 0.15) is 11.3 Å². The van der Waals surface area contributed by atoms with E-state index < -0.39 is 0 Å². The SMILES string of the molecule is C=C(Cl)/C=C(\C=C/C)c1nc2c(F)cccc2[nH]1. The predicted molar refractivity (Wildman–Crippen MR) is 73.8 cm³/mol. The lowest BCUT2D eigenvalue weighted by Gasteiger charge is -1.96. The molecule has 1 aromatic carbocycles. The number of hydrogen-bond donors (Lipinski definition) is 1. The number of allylic oxidation sites excluding steroid dienone is 5. The Morgan fingerprint density at radius 3 is 2.89 bits per heavy atom. The summed E-state index contributed by atoms with van der Waals surface area (Å²) in [6.45, 7) is 5.50. The zero-order valence-corrected chi connectivity index (χ0v) is 10.6. The van der Waals surface area contributed by atoms with Crippen molar-refractivity contribution in [2.75, 3.05) is 0 Å². The Morgan fingerprint density at radius 1 is 1.50 bits per heavy atom. The van der Waals surface area contributed by atoms with Gasteiger partial charge < -0.3 is 4.98 Å². The number of imidazole rings is 1. The maximum Gasteiger partial charge on any atom is 0.151 e. The van der Waals surface area contributed by atoms with Gasteiger partial charge in [0.15, 0.2) is 5.82 Å². The Kier molecular flexibility index (Phi) is 3.63. The molecule has 1 aromatic heterocycles. The van der Waals surface area contributed by atoms with E-state index in [1.165, 1.54) is 6.07 Å². The topological polar surface area (TPSA) is 28.7 Å². The largest absolute Gasteiger partial charge is 0.338 e. The molecule has 1 N–H and O–H groups in total. The summed E-state index contributed by atoms with van der Waals surface area (Å²) in [7, 11) is 0. The lowest BCUT2D eigenvalue weighted by Crippen LogP contribution is -1.84. The van der Waals surface area contributed by atoms with Gasteiger partial charge in [0.05, 0.1) is 5.52 Å². The fourth-order valence-corrected chi connectivity index (χ4v) is 1.80. The molecule has 4 heteroatoms. The first-order valence-electron chi connectivity index (χ1n) is 5.45. The second kappa shape index (κ2) is 5.19. The summed E-state index contributed by atoms with van der Waals surface area (Å²) in [4.78, 5) is 7.29.